The van der Waals surface area contributed by atoms with Gasteiger partial charge in [-0.05, 0) is 25.1 Å². The summed E-state index contributed by atoms with van der Waals surface area (Å²) in [5.41, 5.74) is 1.02. The SMILES string of the molecule is CN1CCCN(Cc2cccnc2)C(=O)C1CO. The number of rotatable bonds is 3. The first-order chi connectivity index (χ1) is 8.72. The largest absolute Gasteiger partial charge is 0.394 e. The smallest absolute Gasteiger partial charge is 0.242 e. The monoisotopic (exact) mass is 249 g/mol. The van der Waals surface area contributed by atoms with Crippen molar-refractivity contribution in [3.63, 3.8) is 0 Å². The van der Waals surface area contributed by atoms with E-state index in [0.717, 1.165) is 25.1 Å². The summed E-state index contributed by atoms with van der Waals surface area (Å²) in [5, 5.41) is 9.34. The molecule has 1 N–H and O–H groups in total. The summed E-state index contributed by atoms with van der Waals surface area (Å²) in [6.07, 6.45) is 4.42. The highest BCUT2D eigenvalue weighted by Gasteiger charge is 2.29. The summed E-state index contributed by atoms with van der Waals surface area (Å²) < 4.78 is 0. The highest BCUT2D eigenvalue weighted by molar-refractivity contribution is 5.82. The Kier molecular flexibility index (Phi) is 4.28. The molecule has 1 aromatic heterocycles. The molecular formula is C13H19N3O2. The maximum Gasteiger partial charge on any atom is 0.242 e. The predicted molar refractivity (Wildman–Crippen MR) is 67.8 cm³/mol. The van der Waals surface area contributed by atoms with Crippen molar-refractivity contribution in [3.05, 3.63) is 30.1 Å². The zero-order chi connectivity index (χ0) is 13.0. The molecule has 18 heavy (non-hydrogen) atoms. The van der Waals surface area contributed by atoms with Gasteiger partial charge in [0.15, 0.2) is 0 Å². The summed E-state index contributed by atoms with van der Waals surface area (Å²) in [5.74, 6) is 0.00125. The Morgan fingerprint density at radius 3 is 3.00 bits per heavy atom. The number of hydrogen-bond donors (Lipinski definition) is 1. The molecule has 0 radical (unpaired) electrons. The molecule has 1 aliphatic heterocycles. The molecule has 1 fully saturated rings. The molecule has 2 rings (SSSR count). The summed E-state index contributed by atoms with van der Waals surface area (Å²) >= 11 is 0. The van der Waals surface area contributed by atoms with E-state index in [2.05, 4.69) is 4.98 Å². The molecule has 0 spiro atoms. The molecular weight excluding hydrogens is 230 g/mol. The predicted octanol–water partition coefficient (Wildman–Crippen LogP) is 0.107. The normalized spacial score (nSPS) is 22.0. The van der Waals surface area contributed by atoms with E-state index in [9.17, 15) is 9.90 Å². The average Bonchev–Trinajstić information content (AvgIpc) is 2.51. The minimum atomic E-state index is -0.413. The standard InChI is InChI=1S/C13H19N3O2/c1-15-6-3-7-16(13(18)12(15)10-17)9-11-4-2-5-14-8-11/h2,4-5,8,12,17H,3,6-7,9-10H2,1H3. The van der Waals surface area contributed by atoms with Crippen molar-refractivity contribution in [1.29, 1.82) is 0 Å². The second-order valence-corrected chi connectivity index (χ2v) is 4.65. The van der Waals surface area contributed by atoms with E-state index in [0.29, 0.717) is 6.54 Å². The average molecular weight is 249 g/mol. The zero-order valence-corrected chi connectivity index (χ0v) is 10.6. The number of hydrogen-bond acceptors (Lipinski definition) is 4. The van der Waals surface area contributed by atoms with E-state index in [1.165, 1.54) is 0 Å². The molecule has 0 aliphatic carbocycles. The van der Waals surface area contributed by atoms with Gasteiger partial charge in [-0.2, -0.15) is 0 Å². The molecule has 98 valence electrons. The molecule has 5 heteroatoms. The second kappa shape index (κ2) is 5.93. The number of carbonyl (C=O) groups excluding carboxylic acids is 1. The third kappa shape index (κ3) is 2.86. The summed E-state index contributed by atoms with van der Waals surface area (Å²) in [6.45, 7) is 2.00. The summed E-state index contributed by atoms with van der Waals surface area (Å²) in [6, 6.07) is 3.42. The molecule has 5 nitrogen and oxygen atoms in total. The third-order valence-electron chi connectivity index (χ3n) is 3.34. The van der Waals surface area contributed by atoms with Crippen molar-refractivity contribution in [3.8, 4) is 0 Å². The van der Waals surface area contributed by atoms with Crippen molar-refractivity contribution < 1.29 is 9.90 Å². The molecule has 1 amide bonds. The quantitative estimate of drug-likeness (QED) is 0.826. The van der Waals surface area contributed by atoms with Crippen LogP contribution in [0.3, 0.4) is 0 Å². The molecule has 1 saturated heterocycles. The minimum absolute atomic E-state index is 0.00125. The number of carbonyl (C=O) groups is 1. The number of aliphatic hydroxyl groups is 1. The van der Waals surface area contributed by atoms with Gasteiger partial charge in [-0.1, -0.05) is 6.07 Å². The Bertz CT molecular complexity index is 396. The maximum absolute atomic E-state index is 12.3. The topological polar surface area (TPSA) is 56.7 Å². The van der Waals surface area contributed by atoms with E-state index in [1.807, 2.05) is 24.1 Å². The molecule has 2 heterocycles. The van der Waals surface area contributed by atoms with Gasteiger partial charge in [0.05, 0.1) is 6.61 Å². The van der Waals surface area contributed by atoms with E-state index in [1.54, 1.807) is 17.3 Å². The Labute approximate surface area is 107 Å². The maximum atomic E-state index is 12.3. The lowest BCUT2D eigenvalue weighted by Crippen LogP contribution is -2.46. The van der Waals surface area contributed by atoms with Gasteiger partial charge in [-0.15, -0.1) is 0 Å². The Morgan fingerprint density at radius 2 is 2.33 bits per heavy atom. The summed E-state index contributed by atoms with van der Waals surface area (Å²) in [4.78, 5) is 20.1. The molecule has 1 atom stereocenters. The van der Waals surface area contributed by atoms with Crippen LogP contribution in [0.25, 0.3) is 0 Å². The fraction of sp³-hybridized carbons (Fsp3) is 0.538. The Morgan fingerprint density at radius 1 is 1.50 bits per heavy atom. The van der Waals surface area contributed by atoms with E-state index < -0.39 is 6.04 Å². The van der Waals surface area contributed by atoms with Crippen LogP contribution in [0.15, 0.2) is 24.5 Å². The van der Waals surface area contributed by atoms with Gasteiger partial charge in [0, 0.05) is 32.0 Å². The first-order valence-electron chi connectivity index (χ1n) is 6.21. The fourth-order valence-corrected chi connectivity index (χ4v) is 2.26. The lowest BCUT2D eigenvalue weighted by Gasteiger charge is -2.26. The van der Waals surface area contributed by atoms with Crippen LogP contribution in [-0.4, -0.2) is 58.6 Å². The minimum Gasteiger partial charge on any atom is -0.394 e. The van der Waals surface area contributed by atoms with E-state index in [4.69, 9.17) is 0 Å². The van der Waals surface area contributed by atoms with Gasteiger partial charge >= 0.3 is 0 Å². The van der Waals surface area contributed by atoms with Crippen molar-refractivity contribution >= 4 is 5.91 Å². The Hall–Kier alpha value is -1.46. The number of aliphatic hydroxyl groups excluding tert-OH is 1. The fourth-order valence-electron chi connectivity index (χ4n) is 2.26. The number of pyridine rings is 1. The lowest BCUT2D eigenvalue weighted by molar-refractivity contribution is -0.136. The van der Waals surface area contributed by atoms with Crippen LogP contribution in [0.5, 0.6) is 0 Å². The van der Waals surface area contributed by atoms with Crippen LogP contribution >= 0.6 is 0 Å². The number of aromatic nitrogens is 1. The van der Waals surface area contributed by atoms with Crippen molar-refractivity contribution in [2.45, 2.75) is 19.0 Å². The molecule has 1 aliphatic rings. The number of nitrogens with zero attached hydrogens (tertiary/aromatic N) is 3. The summed E-state index contributed by atoms with van der Waals surface area (Å²) in [7, 11) is 1.88. The van der Waals surface area contributed by atoms with E-state index >= 15 is 0 Å². The number of likely N-dealkylation sites (N-methyl/N-ethyl adjacent to an activating group) is 1. The molecule has 1 aromatic rings. The van der Waals surface area contributed by atoms with E-state index in [-0.39, 0.29) is 12.5 Å². The second-order valence-electron chi connectivity index (χ2n) is 4.65. The van der Waals surface area contributed by atoms with Crippen LogP contribution in [-0.2, 0) is 11.3 Å². The first kappa shape index (κ1) is 13.0. The Balaban J connectivity index is 2.10. The van der Waals surface area contributed by atoms with Crippen LogP contribution in [0, 0.1) is 0 Å². The van der Waals surface area contributed by atoms with Gasteiger partial charge in [0.1, 0.15) is 6.04 Å². The van der Waals surface area contributed by atoms with Gasteiger partial charge in [-0.3, -0.25) is 14.7 Å². The molecule has 0 saturated carbocycles. The molecule has 1 unspecified atom stereocenters. The highest BCUT2D eigenvalue weighted by Crippen LogP contribution is 2.12. The van der Waals surface area contributed by atoms with Gasteiger partial charge in [0.2, 0.25) is 5.91 Å². The van der Waals surface area contributed by atoms with Crippen molar-refractivity contribution in [2.75, 3.05) is 26.7 Å². The van der Waals surface area contributed by atoms with Crippen LogP contribution in [0.1, 0.15) is 12.0 Å². The van der Waals surface area contributed by atoms with Crippen LogP contribution in [0.2, 0.25) is 0 Å². The molecule has 0 aromatic carbocycles. The van der Waals surface area contributed by atoms with Gasteiger partial charge < -0.3 is 10.0 Å². The highest BCUT2D eigenvalue weighted by atomic mass is 16.3. The molecule has 0 bridgehead atoms. The first-order valence-corrected chi connectivity index (χ1v) is 6.21. The van der Waals surface area contributed by atoms with Crippen LogP contribution in [0.4, 0.5) is 0 Å². The zero-order valence-electron chi connectivity index (χ0n) is 10.6. The van der Waals surface area contributed by atoms with Gasteiger partial charge in [-0.25, -0.2) is 0 Å². The van der Waals surface area contributed by atoms with Crippen molar-refractivity contribution in [2.24, 2.45) is 0 Å². The van der Waals surface area contributed by atoms with Gasteiger partial charge in [0.25, 0.3) is 0 Å². The third-order valence-corrected chi connectivity index (χ3v) is 3.34. The lowest BCUT2D eigenvalue weighted by atomic mass is 10.2. The van der Waals surface area contributed by atoms with Crippen LogP contribution < -0.4 is 0 Å². The number of amides is 1. The van der Waals surface area contributed by atoms with Crippen molar-refractivity contribution in [1.82, 2.24) is 14.8 Å².